The van der Waals surface area contributed by atoms with Crippen LogP contribution in [-0.2, 0) is 0 Å². The number of aromatic nitrogens is 2. The van der Waals surface area contributed by atoms with Gasteiger partial charge in [-0.25, -0.2) is 15.8 Å². The summed E-state index contributed by atoms with van der Waals surface area (Å²) in [7, 11) is 0. The first-order valence-electron chi connectivity index (χ1n) is 6.93. The largest absolute Gasteiger partial charge is 0.308 e. The van der Waals surface area contributed by atoms with Gasteiger partial charge >= 0.3 is 0 Å². The molecule has 2 heterocycles. The molecule has 2 aromatic heterocycles. The number of nitrogens with one attached hydrogen (secondary N) is 1. The minimum Gasteiger partial charge on any atom is -0.308 e. The molecule has 5 heteroatoms. The summed E-state index contributed by atoms with van der Waals surface area (Å²) < 4.78 is 1.24. The topological polar surface area (TPSA) is 63.8 Å². The van der Waals surface area contributed by atoms with Gasteiger partial charge in [0, 0.05) is 32.3 Å². The number of hydrogen-bond acceptors (Lipinski definition) is 5. The molecule has 0 saturated heterocycles. The molecule has 3 N–H and O–H groups in total. The van der Waals surface area contributed by atoms with E-state index < -0.39 is 0 Å². The van der Waals surface area contributed by atoms with E-state index in [1.165, 1.54) is 10.1 Å². The predicted molar refractivity (Wildman–Crippen MR) is 89.5 cm³/mol. The fourth-order valence-corrected chi connectivity index (χ4v) is 3.59. The smallest absolute Gasteiger partial charge is 0.163 e. The van der Waals surface area contributed by atoms with Crippen LogP contribution in [0.4, 0.5) is 5.82 Å². The molecular weight excluding hydrogens is 280 g/mol. The van der Waals surface area contributed by atoms with Crippen LogP contribution in [-0.4, -0.2) is 9.97 Å². The number of aryl methyl sites for hydroxylation is 1. The Labute approximate surface area is 128 Å². The first-order valence-corrected chi connectivity index (χ1v) is 7.81. The summed E-state index contributed by atoms with van der Waals surface area (Å²) in [5.74, 6) is 7.41. The fraction of sp³-hybridized carbons (Fsp3) is 0.250. The van der Waals surface area contributed by atoms with Crippen molar-refractivity contribution in [1.82, 2.24) is 9.97 Å². The number of fused-ring (bicyclic) bond motifs is 1. The first kappa shape index (κ1) is 14.0. The predicted octanol–water partition coefficient (Wildman–Crippen LogP) is 4.08. The highest BCUT2D eigenvalue weighted by Crippen LogP contribution is 2.34. The van der Waals surface area contributed by atoms with E-state index in [1.54, 1.807) is 11.3 Å². The Morgan fingerprint density at radius 3 is 2.67 bits per heavy atom. The molecule has 3 aromatic rings. The molecule has 4 nitrogen and oxygen atoms in total. The van der Waals surface area contributed by atoms with Gasteiger partial charge in [-0.05, 0) is 18.9 Å². The van der Waals surface area contributed by atoms with Crippen molar-refractivity contribution in [3.8, 4) is 11.4 Å². The van der Waals surface area contributed by atoms with Gasteiger partial charge in [-0.1, -0.05) is 32.0 Å². The molecule has 0 saturated carbocycles. The van der Waals surface area contributed by atoms with E-state index in [0.717, 1.165) is 22.6 Å². The number of anilines is 1. The van der Waals surface area contributed by atoms with Crippen LogP contribution >= 0.6 is 11.3 Å². The molecule has 0 spiro atoms. The van der Waals surface area contributed by atoms with Gasteiger partial charge in [-0.2, -0.15) is 0 Å². The minimum absolute atomic E-state index is 0.323. The zero-order valence-corrected chi connectivity index (χ0v) is 13.2. The van der Waals surface area contributed by atoms with Crippen molar-refractivity contribution >= 4 is 27.2 Å². The van der Waals surface area contributed by atoms with E-state index >= 15 is 0 Å². The second kappa shape index (κ2) is 5.42. The summed E-state index contributed by atoms with van der Waals surface area (Å²) in [4.78, 5) is 9.32. The fourth-order valence-electron chi connectivity index (χ4n) is 2.65. The van der Waals surface area contributed by atoms with E-state index in [9.17, 15) is 0 Å². The van der Waals surface area contributed by atoms with E-state index in [-0.39, 0.29) is 0 Å². The van der Waals surface area contributed by atoms with E-state index in [1.807, 2.05) is 19.1 Å². The lowest BCUT2D eigenvalue weighted by Crippen LogP contribution is -2.14. The van der Waals surface area contributed by atoms with Crippen molar-refractivity contribution in [1.29, 1.82) is 0 Å². The minimum atomic E-state index is 0.323. The van der Waals surface area contributed by atoms with Crippen LogP contribution in [0.3, 0.4) is 0 Å². The summed E-state index contributed by atoms with van der Waals surface area (Å²) >= 11 is 1.71. The van der Waals surface area contributed by atoms with Crippen LogP contribution in [0.5, 0.6) is 0 Å². The molecule has 3 rings (SSSR count). The lowest BCUT2D eigenvalue weighted by atomic mass is 10.0. The van der Waals surface area contributed by atoms with Gasteiger partial charge in [0.2, 0.25) is 0 Å². The Balaban J connectivity index is 2.22. The van der Waals surface area contributed by atoms with Crippen LogP contribution in [0.25, 0.3) is 21.5 Å². The highest BCUT2D eigenvalue weighted by Gasteiger charge is 2.16. The van der Waals surface area contributed by atoms with Crippen molar-refractivity contribution in [2.75, 3.05) is 5.43 Å². The third kappa shape index (κ3) is 2.39. The Morgan fingerprint density at radius 1 is 1.19 bits per heavy atom. The monoisotopic (exact) mass is 298 g/mol. The van der Waals surface area contributed by atoms with Gasteiger partial charge in [0.1, 0.15) is 5.82 Å². The number of rotatable bonds is 3. The lowest BCUT2D eigenvalue weighted by molar-refractivity contribution is 0.832. The molecule has 0 aliphatic carbocycles. The van der Waals surface area contributed by atoms with Crippen LogP contribution < -0.4 is 11.3 Å². The second-order valence-corrected chi connectivity index (χ2v) is 6.25. The molecule has 108 valence electrons. The average Bonchev–Trinajstić information content (AvgIpc) is 2.89. The van der Waals surface area contributed by atoms with E-state index in [0.29, 0.717) is 11.7 Å². The highest BCUT2D eigenvalue weighted by molar-refractivity contribution is 7.17. The Bertz CT molecular complexity index is 792. The average molecular weight is 298 g/mol. The maximum Gasteiger partial charge on any atom is 0.163 e. The number of benzene rings is 1. The standard InChI is InChI=1S/C16H18N4S/c1-9(2)14-10(3)18-15(19-16(14)20-17)12-8-21-13-7-5-4-6-11(12)13/h4-9H,17H2,1-3H3,(H,18,19,20). The number of nitrogen functional groups attached to an aromatic ring is 1. The zero-order chi connectivity index (χ0) is 15.0. The summed E-state index contributed by atoms with van der Waals surface area (Å²) in [6.45, 7) is 6.24. The molecule has 0 atom stereocenters. The molecular formula is C16H18N4S. The molecule has 1 aromatic carbocycles. The number of nitrogens with two attached hydrogens (primary N) is 1. The van der Waals surface area contributed by atoms with Gasteiger partial charge in [0.15, 0.2) is 5.82 Å². The highest BCUT2D eigenvalue weighted by atomic mass is 32.1. The van der Waals surface area contributed by atoms with Gasteiger partial charge < -0.3 is 5.43 Å². The summed E-state index contributed by atoms with van der Waals surface area (Å²) in [6.07, 6.45) is 0. The van der Waals surface area contributed by atoms with Crippen LogP contribution in [0.2, 0.25) is 0 Å². The van der Waals surface area contributed by atoms with Crippen molar-refractivity contribution < 1.29 is 0 Å². The second-order valence-electron chi connectivity index (χ2n) is 5.34. The molecule has 0 amide bonds. The maximum atomic E-state index is 5.65. The third-order valence-corrected chi connectivity index (χ3v) is 4.54. The van der Waals surface area contributed by atoms with Crippen molar-refractivity contribution in [2.24, 2.45) is 5.84 Å². The SMILES string of the molecule is Cc1nc(-c2csc3ccccc23)nc(NN)c1C(C)C. The zero-order valence-electron chi connectivity index (χ0n) is 12.3. The number of thiophene rings is 1. The van der Waals surface area contributed by atoms with Crippen LogP contribution in [0.1, 0.15) is 31.0 Å². The molecule has 21 heavy (non-hydrogen) atoms. The van der Waals surface area contributed by atoms with Crippen LogP contribution in [0.15, 0.2) is 29.6 Å². The van der Waals surface area contributed by atoms with Crippen molar-refractivity contribution in [3.05, 3.63) is 40.9 Å². The Kier molecular flexibility index (Phi) is 3.61. The Morgan fingerprint density at radius 2 is 1.95 bits per heavy atom. The number of hydrogen-bond donors (Lipinski definition) is 2. The normalized spacial score (nSPS) is 11.3. The molecule has 0 radical (unpaired) electrons. The quantitative estimate of drug-likeness (QED) is 0.565. The summed E-state index contributed by atoms with van der Waals surface area (Å²) in [6, 6.07) is 8.30. The van der Waals surface area contributed by atoms with Gasteiger partial charge in [-0.3, -0.25) is 0 Å². The maximum absolute atomic E-state index is 5.65. The van der Waals surface area contributed by atoms with Gasteiger partial charge in [0.25, 0.3) is 0 Å². The van der Waals surface area contributed by atoms with Crippen molar-refractivity contribution in [3.63, 3.8) is 0 Å². The molecule has 0 unspecified atom stereocenters. The molecule has 0 aliphatic rings. The third-order valence-electron chi connectivity index (χ3n) is 3.57. The summed E-state index contributed by atoms with van der Waals surface area (Å²) in [5, 5.41) is 3.29. The first-order chi connectivity index (χ1) is 10.1. The lowest BCUT2D eigenvalue weighted by Gasteiger charge is -2.15. The Hall–Kier alpha value is -1.98. The van der Waals surface area contributed by atoms with Gasteiger partial charge in [-0.15, -0.1) is 11.3 Å². The van der Waals surface area contributed by atoms with E-state index in [2.05, 4.69) is 41.8 Å². The molecule has 0 bridgehead atoms. The van der Waals surface area contributed by atoms with Gasteiger partial charge in [0.05, 0.1) is 0 Å². The van der Waals surface area contributed by atoms with Crippen molar-refractivity contribution in [2.45, 2.75) is 26.7 Å². The number of hydrazine groups is 1. The van der Waals surface area contributed by atoms with Crippen LogP contribution in [0, 0.1) is 6.92 Å². The summed E-state index contributed by atoms with van der Waals surface area (Å²) in [5.41, 5.74) is 5.82. The molecule has 0 fully saturated rings. The molecule has 0 aliphatic heterocycles. The van der Waals surface area contributed by atoms with E-state index in [4.69, 9.17) is 10.8 Å². The number of nitrogens with zero attached hydrogens (tertiary/aromatic N) is 2.